The summed E-state index contributed by atoms with van der Waals surface area (Å²) in [6.07, 6.45) is 18.5. The Morgan fingerprint density at radius 3 is 2.15 bits per heavy atom. The van der Waals surface area contributed by atoms with E-state index in [4.69, 9.17) is 9.47 Å². The molecule has 4 nitrogen and oxygen atoms in total. The number of hydrogen-bond acceptors (Lipinski definition) is 4. The maximum Gasteiger partial charge on any atom is 0.339 e. The van der Waals surface area contributed by atoms with Crippen molar-refractivity contribution in [2.45, 2.75) is 63.9 Å². The zero-order valence-electron chi connectivity index (χ0n) is 30.4. The Morgan fingerprint density at radius 1 is 0.769 bits per heavy atom. The number of allylic oxidation sites excluding steroid dienone is 4. The van der Waals surface area contributed by atoms with Crippen LogP contribution in [0, 0.1) is 0 Å². The van der Waals surface area contributed by atoms with Crippen molar-refractivity contribution in [1.29, 1.82) is 0 Å². The molecule has 3 aliphatic rings. The van der Waals surface area contributed by atoms with E-state index in [-0.39, 0.29) is 5.97 Å². The molecular weight excluding hydrogens is 639 g/mol. The topological polar surface area (TPSA) is 38.8 Å². The van der Waals surface area contributed by atoms with Gasteiger partial charge in [-0.25, -0.2) is 4.79 Å². The summed E-state index contributed by atoms with van der Waals surface area (Å²) in [6, 6.07) is 36.2. The number of unbranched alkanes of at least 4 members (excludes halogenated alkanes) is 2. The van der Waals surface area contributed by atoms with Gasteiger partial charge >= 0.3 is 5.97 Å². The van der Waals surface area contributed by atoms with Gasteiger partial charge in [-0.2, -0.15) is 0 Å². The van der Waals surface area contributed by atoms with Crippen molar-refractivity contribution in [3.63, 3.8) is 0 Å². The molecular formula is C48H47NO3. The number of esters is 1. The van der Waals surface area contributed by atoms with Crippen molar-refractivity contribution in [2.24, 2.45) is 0 Å². The molecule has 0 spiro atoms. The number of carbonyl (C=O) groups is 1. The largest absolute Gasteiger partial charge is 0.472 e. The lowest BCUT2D eigenvalue weighted by molar-refractivity contribution is 0.0600. The van der Waals surface area contributed by atoms with Crippen LogP contribution in [-0.4, -0.2) is 26.2 Å². The van der Waals surface area contributed by atoms with Gasteiger partial charge in [0.05, 0.1) is 12.7 Å². The molecule has 1 saturated heterocycles. The van der Waals surface area contributed by atoms with E-state index in [1.54, 1.807) is 5.57 Å². The highest BCUT2D eigenvalue weighted by atomic mass is 16.5. The zero-order chi connectivity index (χ0) is 35.5. The summed E-state index contributed by atoms with van der Waals surface area (Å²) in [4.78, 5) is 16.3. The number of carbonyl (C=O) groups excluding carboxylic acids is 1. The van der Waals surface area contributed by atoms with Crippen LogP contribution in [-0.2, 0) is 10.3 Å². The van der Waals surface area contributed by atoms with Crippen LogP contribution in [0.15, 0.2) is 127 Å². The van der Waals surface area contributed by atoms with E-state index in [2.05, 4.69) is 121 Å². The average Bonchev–Trinajstić information content (AvgIpc) is 3.76. The predicted octanol–water partition coefficient (Wildman–Crippen LogP) is 11.9. The van der Waals surface area contributed by atoms with Crippen LogP contribution in [0.3, 0.4) is 0 Å². The second-order valence-electron chi connectivity index (χ2n) is 14.4. The SMILES string of the molecule is CCCCCC1=CC=C(c2ccc(-c3c(C(=O)OC)c4c(c5ccccc35)OC(c3ccccc3)(c3ccc(N5CCCC5)cc3)C=C4)cc2)CC1. The third kappa shape index (κ3) is 6.25. The van der Waals surface area contributed by atoms with E-state index in [0.29, 0.717) is 11.3 Å². The summed E-state index contributed by atoms with van der Waals surface area (Å²) in [5.41, 5.74) is 9.63. The molecule has 1 unspecified atom stereocenters. The molecule has 2 aliphatic heterocycles. The first-order valence-electron chi connectivity index (χ1n) is 19.1. The monoisotopic (exact) mass is 685 g/mol. The fraction of sp³-hybridized carbons (Fsp3) is 0.271. The quantitative estimate of drug-likeness (QED) is 0.108. The van der Waals surface area contributed by atoms with E-state index in [0.717, 1.165) is 64.5 Å². The van der Waals surface area contributed by atoms with Gasteiger partial charge in [0.2, 0.25) is 0 Å². The molecule has 1 aliphatic carbocycles. The highest BCUT2D eigenvalue weighted by Crippen LogP contribution is 2.50. The number of nitrogens with zero attached hydrogens (tertiary/aromatic N) is 1. The molecule has 0 N–H and O–H groups in total. The minimum absolute atomic E-state index is 0.382. The van der Waals surface area contributed by atoms with Crippen molar-refractivity contribution in [3.8, 4) is 16.9 Å². The molecule has 0 bridgehead atoms. The number of anilines is 1. The van der Waals surface area contributed by atoms with Crippen LogP contribution < -0.4 is 9.64 Å². The van der Waals surface area contributed by atoms with Crippen LogP contribution in [0.4, 0.5) is 5.69 Å². The summed E-state index contributed by atoms with van der Waals surface area (Å²) in [6.45, 7) is 4.44. The number of rotatable bonds is 10. The lowest BCUT2D eigenvalue weighted by Crippen LogP contribution is -2.35. The van der Waals surface area contributed by atoms with Crippen molar-refractivity contribution < 1.29 is 14.3 Å². The summed E-state index contributed by atoms with van der Waals surface area (Å²) in [5, 5.41) is 1.91. The Hall–Kier alpha value is -5.35. The van der Waals surface area contributed by atoms with Gasteiger partial charge < -0.3 is 14.4 Å². The van der Waals surface area contributed by atoms with Gasteiger partial charge in [0.1, 0.15) is 5.75 Å². The first-order valence-corrected chi connectivity index (χ1v) is 19.1. The number of hydrogen-bond donors (Lipinski definition) is 0. The summed E-state index contributed by atoms with van der Waals surface area (Å²) in [5.74, 6) is 0.299. The van der Waals surface area contributed by atoms with Crippen LogP contribution in [0.25, 0.3) is 33.5 Å². The van der Waals surface area contributed by atoms with Crippen molar-refractivity contribution in [1.82, 2.24) is 0 Å². The number of ether oxygens (including phenoxy) is 2. The van der Waals surface area contributed by atoms with E-state index in [1.807, 2.05) is 18.2 Å². The Kier molecular flexibility index (Phi) is 9.56. The van der Waals surface area contributed by atoms with Gasteiger partial charge in [-0.15, -0.1) is 0 Å². The predicted molar refractivity (Wildman–Crippen MR) is 215 cm³/mol. The number of fused-ring (bicyclic) bond motifs is 3. The zero-order valence-corrected chi connectivity index (χ0v) is 30.4. The summed E-state index contributed by atoms with van der Waals surface area (Å²) >= 11 is 0. The molecule has 52 heavy (non-hydrogen) atoms. The molecule has 5 aromatic rings. The molecule has 4 heteroatoms. The average molecular weight is 686 g/mol. The van der Waals surface area contributed by atoms with Gasteiger partial charge in [-0.1, -0.05) is 128 Å². The van der Waals surface area contributed by atoms with Gasteiger partial charge in [-0.05, 0) is 84.9 Å². The van der Waals surface area contributed by atoms with Gasteiger partial charge in [0, 0.05) is 46.4 Å². The van der Waals surface area contributed by atoms with E-state index >= 15 is 0 Å². The van der Waals surface area contributed by atoms with Crippen molar-refractivity contribution in [3.05, 3.63) is 155 Å². The van der Waals surface area contributed by atoms with Crippen molar-refractivity contribution >= 4 is 34.1 Å². The smallest absolute Gasteiger partial charge is 0.339 e. The fourth-order valence-corrected chi connectivity index (χ4v) is 8.35. The van der Waals surface area contributed by atoms with Gasteiger partial charge in [-0.3, -0.25) is 0 Å². The van der Waals surface area contributed by atoms with Crippen LogP contribution >= 0.6 is 0 Å². The Morgan fingerprint density at radius 2 is 1.46 bits per heavy atom. The minimum Gasteiger partial charge on any atom is -0.472 e. The maximum atomic E-state index is 13.9. The maximum absolute atomic E-state index is 13.9. The van der Waals surface area contributed by atoms with E-state index in [1.165, 1.54) is 62.5 Å². The molecule has 1 atom stereocenters. The Balaban J connectivity index is 1.23. The van der Waals surface area contributed by atoms with Crippen molar-refractivity contribution in [2.75, 3.05) is 25.1 Å². The lowest BCUT2D eigenvalue weighted by atomic mass is 9.81. The Bertz CT molecular complexity index is 2170. The highest BCUT2D eigenvalue weighted by Gasteiger charge is 2.40. The molecule has 0 radical (unpaired) electrons. The van der Waals surface area contributed by atoms with E-state index in [9.17, 15) is 4.79 Å². The number of methoxy groups -OCH3 is 1. The van der Waals surface area contributed by atoms with Crippen LogP contribution in [0.1, 0.15) is 90.9 Å². The normalized spacial score (nSPS) is 18.1. The first kappa shape index (κ1) is 33.8. The molecule has 0 aromatic heterocycles. The fourth-order valence-electron chi connectivity index (χ4n) is 8.35. The third-order valence-electron chi connectivity index (χ3n) is 11.2. The van der Waals surface area contributed by atoms with Crippen LogP contribution in [0.2, 0.25) is 0 Å². The standard InChI is InChI=1S/C48H47NO3/c1-3-4-6-13-34-18-20-35(21-19-34)36-22-24-37(25-23-36)44-41-16-9-10-17-42(41)46-43(45(44)47(50)51-2)30-31-48(52-46,38-14-7-5-8-15-38)39-26-28-40(29-27-39)49-32-11-12-33-49/h5,7-10,14-18,20,22-31H,3-4,6,11-13,19,21,32-33H2,1-2H3. The van der Waals surface area contributed by atoms with Crippen LogP contribution in [0.5, 0.6) is 5.75 Å². The second kappa shape index (κ2) is 14.7. The van der Waals surface area contributed by atoms with Gasteiger partial charge in [0.15, 0.2) is 5.60 Å². The highest BCUT2D eigenvalue weighted by molar-refractivity contribution is 6.14. The molecule has 8 rings (SSSR count). The third-order valence-corrected chi connectivity index (χ3v) is 11.2. The Labute approximate surface area is 308 Å². The molecule has 2 heterocycles. The van der Waals surface area contributed by atoms with Gasteiger partial charge in [0.25, 0.3) is 0 Å². The molecule has 0 saturated carbocycles. The molecule has 1 fully saturated rings. The summed E-state index contributed by atoms with van der Waals surface area (Å²) < 4.78 is 12.8. The van der Waals surface area contributed by atoms with E-state index < -0.39 is 5.60 Å². The number of benzene rings is 5. The second-order valence-corrected chi connectivity index (χ2v) is 14.4. The first-order chi connectivity index (χ1) is 25.6. The summed E-state index contributed by atoms with van der Waals surface area (Å²) in [7, 11) is 1.46. The minimum atomic E-state index is -0.894. The molecule has 0 amide bonds. The molecule has 5 aromatic carbocycles. The molecule has 262 valence electrons. The lowest BCUT2D eigenvalue weighted by Gasteiger charge is -2.37.